The third-order valence-electron chi connectivity index (χ3n) is 6.21. The van der Waals surface area contributed by atoms with Gasteiger partial charge in [0.1, 0.15) is 12.4 Å². The van der Waals surface area contributed by atoms with Gasteiger partial charge in [0.15, 0.2) is 0 Å². The number of carbonyl (C=O) groups excluding carboxylic acids is 1. The topological polar surface area (TPSA) is 60.9 Å². The predicted octanol–water partition coefficient (Wildman–Crippen LogP) is 4.30. The normalized spacial score (nSPS) is 14.2. The van der Waals surface area contributed by atoms with Crippen molar-refractivity contribution in [2.45, 2.75) is 25.7 Å². The molecule has 0 N–H and O–H groups in total. The number of aryl methyl sites for hydroxylation is 3. The fourth-order valence-corrected chi connectivity index (χ4v) is 5.77. The summed E-state index contributed by atoms with van der Waals surface area (Å²) in [4.78, 5) is 17.0. The molecule has 0 atom stereocenters. The Bertz CT molecular complexity index is 1300. The lowest BCUT2D eigenvalue weighted by molar-refractivity contribution is -0.129. The highest BCUT2D eigenvalue weighted by molar-refractivity contribution is 7.92. The van der Waals surface area contributed by atoms with E-state index in [0.29, 0.717) is 37.6 Å². The van der Waals surface area contributed by atoms with E-state index in [9.17, 15) is 17.6 Å². The third kappa shape index (κ3) is 5.48. The SMILES string of the molecule is Cc1ccc(S(=O)(=O)N(CC(=O)N2CCN(c3ccccc3F)CC2)c2cc(C)cc(C)c2)cc1. The summed E-state index contributed by atoms with van der Waals surface area (Å²) in [5.41, 5.74) is 3.75. The van der Waals surface area contributed by atoms with Crippen LogP contribution < -0.4 is 9.21 Å². The molecule has 35 heavy (non-hydrogen) atoms. The van der Waals surface area contributed by atoms with Gasteiger partial charge < -0.3 is 9.80 Å². The molecule has 1 heterocycles. The summed E-state index contributed by atoms with van der Waals surface area (Å²) in [7, 11) is -3.97. The van der Waals surface area contributed by atoms with Gasteiger partial charge in [0.25, 0.3) is 10.0 Å². The van der Waals surface area contributed by atoms with Crippen molar-refractivity contribution >= 4 is 27.3 Å². The Kier molecular flexibility index (Phi) is 7.12. The number of sulfonamides is 1. The van der Waals surface area contributed by atoms with Gasteiger partial charge in [0, 0.05) is 26.2 Å². The van der Waals surface area contributed by atoms with E-state index in [1.54, 1.807) is 59.5 Å². The summed E-state index contributed by atoms with van der Waals surface area (Å²) >= 11 is 0. The molecule has 1 aliphatic heterocycles. The molecular formula is C27H30FN3O3S. The molecule has 8 heteroatoms. The molecule has 0 spiro atoms. The highest BCUT2D eigenvalue weighted by Crippen LogP contribution is 2.27. The summed E-state index contributed by atoms with van der Waals surface area (Å²) < 4.78 is 42.7. The third-order valence-corrected chi connectivity index (χ3v) is 8.00. The van der Waals surface area contributed by atoms with Gasteiger partial charge in [-0.25, -0.2) is 12.8 Å². The highest BCUT2D eigenvalue weighted by atomic mass is 32.2. The van der Waals surface area contributed by atoms with Gasteiger partial charge in [0.05, 0.1) is 16.3 Å². The van der Waals surface area contributed by atoms with Crippen molar-refractivity contribution < 1.29 is 17.6 Å². The molecule has 0 saturated carbocycles. The van der Waals surface area contributed by atoms with Crippen LogP contribution in [0.4, 0.5) is 15.8 Å². The maximum Gasteiger partial charge on any atom is 0.264 e. The minimum Gasteiger partial charge on any atom is -0.366 e. The van der Waals surface area contributed by atoms with Crippen LogP contribution >= 0.6 is 0 Å². The number of benzene rings is 3. The van der Waals surface area contributed by atoms with E-state index < -0.39 is 10.0 Å². The van der Waals surface area contributed by atoms with E-state index in [1.165, 1.54) is 10.4 Å². The van der Waals surface area contributed by atoms with Gasteiger partial charge in [-0.2, -0.15) is 0 Å². The van der Waals surface area contributed by atoms with E-state index >= 15 is 0 Å². The van der Waals surface area contributed by atoms with E-state index in [0.717, 1.165) is 16.7 Å². The number of nitrogens with zero attached hydrogens (tertiary/aromatic N) is 3. The number of halogens is 1. The Morgan fingerprint density at radius 1 is 0.857 bits per heavy atom. The first-order chi connectivity index (χ1) is 16.6. The van der Waals surface area contributed by atoms with Crippen LogP contribution in [0, 0.1) is 26.6 Å². The van der Waals surface area contributed by atoms with Gasteiger partial charge in [-0.05, 0) is 68.3 Å². The van der Waals surface area contributed by atoms with Crippen LogP contribution in [0.1, 0.15) is 16.7 Å². The number of rotatable bonds is 6. The minimum atomic E-state index is -3.97. The van der Waals surface area contributed by atoms with Crippen LogP contribution in [0.25, 0.3) is 0 Å². The van der Waals surface area contributed by atoms with Gasteiger partial charge in [-0.3, -0.25) is 9.10 Å². The fraction of sp³-hybridized carbons (Fsp3) is 0.296. The summed E-state index contributed by atoms with van der Waals surface area (Å²) in [6, 6.07) is 18.7. The van der Waals surface area contributed by atoms with E-state index in [-0.39, 0.29) is 23.2 Å². The summed E-state index contributed by atoms with van der Waals surface area (Å²) in [6.07, 6.45) is 0. The average molecular weight is 496 g/mol. The number of anilines is 2. The monoisotopic (exact) mass is 495 g/mol. The molecule has 0 aromatic heterocycles. The summed E-state index contributed by atoms with van der Waals surface area (Å²) in [5, 5.41) is 0. The van der Waals surface area contributed by atoms with Crippen molar-refractivity contribution in [3.05, 3.63) is 89.2 Å². The Balaban J connectivity index is 1.57. The summed E-state index contributed by atoms with van der Waals surface area (Å²) in [5.74, 6) is -0.578. The number of hydrogen-bond donors (Lipinski definition) is 0. The molecule has 1 aliphatic rings. The Morgan fingerprint density at radius 3 is 2.06 bits per heavy atom. The molecule has 3 aromatic carbocycles. The van der Waals surface area contributed by atoms with Crippen molar-refractivity contribution in [3.63, 3.8) is 0 Å². The zero-order valence-electron chi connectivity index (χ0n) is 20.2. The van der Waals surface area contributed by atoms with Crippen LogP contribution in [0.15, 0.2) is 71.6 Å². The lowest BCUT2D eigenvalue weighted by atomic mass is 10.1. The Labute approximate surface area is 206 Å². The van der Waals surface area contributed by atoms with Crippen LogP contribution in [-0.2, 0) is 14.8 Å². The Morgan fingerprint density at radius 2 is 1.46 bits per heavy atom. The molecule has 1 fully saturated rings. The van der Waals surface area contributed by atoms with Crippen molar-refractivity contribution in [1.29, 1.82) is 0 Å². The average Bonchev–Trinajstić information content (AvgIpc) is 2.82. The molecule has 0 aliphatic carbocycles. The van der Waals surface area contributed by atoms with E-state index in [4.69, 9.17) is 0 Å². The zero-order chi connectivity index (χ0) is 25.2. The van der Waals surface area contributed by atoms with Crippen LogP contribution in [-0.4, -0.2) is 51.9 Å². The van der Waals surface area contributed by atoms with Crippen LogP contribution in [0.3, 0.4) is 0 Å². The second-order valence-electron chi connectivity index (χ2n) is 8.99. The number of para-hydroxylation sites is 1. The Hall–Kier alpha value is -3.39. The number of piperazine rings is 1. The molecule has 0 unspecified atom stereocenters. The largest absolute Gasteiger partial charge is 0.366 e. The minimum absolute atomic E-state index is 0.138. The van der Waals surface area contributed by atoms with Gasteiger partial charge in [-0.1, -0.05) is 35.9 Å². The van der Waals surface area contributed by atoms with E-state index in [2.05, 4.69) is 0 Å². The molecule has 1 saturated heterocycles. The lowest BCUT2D eigenvalue weighted by Gasteiger charge is -2.37. The first-order valence-corrected chi connectivity index (χ1v) is 13.0. The number of hydrogen-bond acceptors (Lipinski definition) is 4. The fourth-order valence-electron chi connectivity index (χ4n) is 4.37. The number of carbonyl (C=O) groups is 1. The lowest BCUT2D eigenvalue weighted by Crippen LogP contribution is -2.52. The predicted molar refractivity (Wildman–Crippen MR) is 137 cm³/mol. The van der Waals surface area contributed by atoms with Gasteiger partial charge in [0.2, 0.25) is 5.91 Å². The van der Waals surface area contributed by atoms with Crippen molar-refractivity contribution in [2.75, 3.05) is 41.9 Å². The first kappa shape index (κ1) is 24.7. The van der Waals surface area contributed by atoms with E-state index in [1.807, 2.05) is 31.7 Å². The smallest absolute Gasteiger partial charge is 0.264 e. The highest BCUT2D eigenvalue weighted by Gasteiger charge is 2.30. The molecule has 4 rings (SSSR count). The summed E-state index contributed by atoms with van der Waals surface area (Å²) in [6.45, 7) is 7.11. The van der Waals surface area contributed by atoms with Gasteiger partial charge >= 0.3 is 0 Å². The maximum atomic E-state index is 14.2. The van der Waals surface area contributed by atoms with Crippen LogP contribution in [0.5, 0.6) is 0 Å². The molecule has 0 bridgehead atoms. The standard InChI is InChI=1S/C27H30FN3O3S/c1-20-8-10-24(11-9-20)35(33,34)31(23-17-21(2)16-22(3)18-23)19-27(32)30-14-12-29(13-15-30)26-7-5-4-6-25(26)28/h4-11,16-18H,12-15,19H2,1-3H3. The first-order valence-electron chi connectivity index (χ1n) is 11.6. The van der Waals surface area contributed by atoms with Crippen molar-refractivity contribution in [2.24, 2.45) is 0 Å². The molecule has 6 nitrogen and oxygen atoms in total. The van der Waals surface area contributed by atoms with Crippen molar-refractivity contribution in [1.82, 2.24) is 4.90 Å². The van der Waals surface area contributed by atoms with Crippen LogP contribution in [0.2, 0.25) is 0 Å². The molecule has 0 radical (unpaired) electrons. The van der Waals surface area contributed by atoms with Crippen molar-refractivity contribution in [3.8, 4) is 0 Å². The molecular weight excluding hydrogens is 465 g/mol. The molecule has 3 aromatic rings. The maximum absolute atomic E-state index is 14.2. The molecule has 1 amide bonds. The second kappa shape index (κ2) is 10.1. The zero-order valence-corrected chi connectivity index (χ0v) is 21.1. The molecule has 184 valence electrons. The second-order valence-corrected chi connectivity index (χ2v) is 10.9. The quantitative estimate of drug-likeness (QED) is 0.512. The number of amides is 1. The van der Waals surface area contributed by atoms with Gasteiger partial charge in [-0.15, -0.1) is 0 Å².